The van der Waals surface area contributed by atoms with Crippen LogP contribution in [0.15, 0.2) is 0 Å². The van der Waals surface area contributed by atoms with Gasteiger partial charge in [-0.25, -0.2) is 0 Å². The molecule has 0 aromatic carbocycles. The summed E-state index contributed by atoms with van der Waals surface area (Å²) >= 11 is 5.61. The van der Waals surface area contributed by atoms with Crippen LogP contribution < -0.4 is 0 Å². The van der Waals surface area contributed by atoms with Gasteiger partial charge in [0.05, 0.1) is 12.2 Å². The predicted molar refractivity (Wildman–Crippen MR) is 115 cm³/mol. The highest BCUT2D eigenvalue weighted by molar-refractivity contribution is 6.17. The molecule has 0 saturated carbocycles. The van der Waals surface area contributed by atoms with Crippen molar-refractivity contribution in [1.82, 2.24) is 0 Å². The van der Waals surface area contributed by atoms with E-state index in [-0.39, 0.29) is 12.1 Å². The molecule has 0 N–H and O–H groups in total. The van der Waals surface area contributed by atoms with E-state index in [4.69, 9.17) is 21.1 Å². The van der Waals surface area contributed by atoms with E-state index in [2.05, 4.69) is 6.92 Å². The maximum atomic E-state index is 11.6. The molecule has 0 aromatic heterocycles. The fourth-order valence-corrected chi connectivity index (χ4v) is 3.96. The molecule has 0 radical (unpaired) electrons. The van der Waals surface area contributed by atoms with E-state index in [1.807, 2.05) is 0 Å². The predicted octanol–water partition coefficient (Wildman–Crippen LogP) is 7.19. The lowest BCUT2D eigenvalue weighted by molar-refractivity contribution is -0.147. The highest BCUT2D eigenvalue weighted by atomic mass is 35.5. The molecular weight excluding hydrogens is 360 g/mol. The first-order chi connectivity index (χ1) is 13.3. The Morgan fingerprint density at radius 2 is 1.44 bits per heavy atom. The van der Waals surface area contributed by atoms with Gasteiger partial charge >= 0.3 is 5.97 Å². The van der Waals surface area contributed by atoms with Gasteiger partial charge in [-0.05, 0) is 32.1 Å². The number of unbranched alkanes of at least 4 members (excludes halogenated alkanes) is 11. The van der Waals surface area contributed by atoms with Crippen molar-refractivity contribution in [2.24, 2.45) is 0 Å². The Morgan fingerprint density at radius 1 is 0.852 bits per heavy atom. The Morgan fingerprint density at radius 3 is 2.07 bits per heavy atom. The lowest BCUT2D eigenvalue weighted by atomic mass is 10.0. The summed E-state index contributed by atoms with van der Waals surface area (Å²) in [5.74, 6) is 0.497. The summed E-state index contributed by atoms with van der Waals surface area (Å²) in [4.78, 5) is 11.6. The maximum absolute atomic E-state index is 11.6. The fourth-order valence-electron chi connectivity index (χ4n) is 3.77. The van der Waals surface area contributed by atoms with Crippen LogP contribution in [0.2, 0.25) is 0 Å². The maximum Gasteiger partial charge on any atom is 0.305 e. The van der Waals surface area contributed by atoms with Crippen molar-refractivity contribution < 1.29 is 14.3 Å². The summed E-state index contributed by atoms with van der Waals surface area (Å²) in [7, 11) is 0. The van der Waals surface area contributed by atoms with E-state index in [0.717, 1.165) is 32.1 Å². The lowest BCUT2D eigenvalue weighted by Crippen LogP contribution is -2.19. The van der Waals surface area contributed by atoms with Gasteiger partial charge in [-0.3, -0.25) is 4.79 Å². The zero-order chi connectivity index (χ0) is 19.6. The van der Waals surface area contributed by atoms with Crippen molar-refractivity contribution in [2.75, 3.05) is 12.5 Å². The molecule has 0 amide bonds. The van der Waals surface area contributed by atoms with Gasteiger partial charge in [-0.15, -0.1) is 11.6 Å². The molecular formula is C23H43ClO3. The Labute approximate surface area is 172 Å². The largest absolute Gasteiger partial charge is 0.463 e. The molecule has 0 aromatic rings. The minimum atomic E-state index is -0.113. The van der Waals surface area contributed by atoms with E-state index in [9.17, 15) is 4.79 Å². The molecule has 1 aliphatic heterocycles. The zero-order valence-corrected chi connectivity index (χ0v) is 18.4. The molecule has 2 unspecified atom stereocenters. The lowest BCUT2D eigenvalue weighted by Gasteiger charge is -2.14. The van der Waals surface area contributed by atoms with Crippen LogP contribution in [0.3, 0.4) is 0 Å². The second-order valence-electron chi connectivity index (χ2n) is 8.11. The molecule has 0 spiro atoms. The Hall–Kier alpha value is -0.280. The van der Waals surface area contributed by atoms with Gasteiger partial charge in [-0.1, -0.05) is 77.6 Å². The number of carbonyl (C=O) groups is 1. The minimum absolute atomic E-state index is 0.111. The smallest absolute Gasteiger partial charge is 0.305 e. The standard InChI is InChI=1S/C23H43ClO3/c1-2-3-4-5-6-7-8-9-10-11-12-15-21-17-18-22(27-21)20-26-23(25)16-13-14-19-24/h21-22H,2-20H2,1H3. The molecule has 160 valence electrons. The van der Waals surface area contributed by atoms with E-state index in [1.165, 1.54) is 70.6 Å². The summed E-state index contributed by atoms with van der Waals surface area (Å²) in [6, 6.07) is 0. The molecule has 3 nitrogen and oxygen atoms in total. The van der Waals surface area contributed by atoms with Crippen molar-refractivity contribution >= 4 is 17.6 Å². The van der Waals surface area contributed by atoms with Crippen molar-refractivity contribution in [1.29, 1.82) is 0 Å². The number of hydrogen-bond donors (Lipinski definition) is 0. The Balaban J connectivity index is 1.87. The van der Waals surface area contributed by atoms with Crippen molar-refractivity contribution in [3.05, 3.63) is 0 Å². The van der Waals surface area contributed by atoms with Gasteiger partial charge in [0.2, 0.25) is 0 Å². The van der Waals surface area contributed by atoms with E-state index < -0.39 is 0 Å². The number of esters is 1. The second kappa shape index (κ2) is 17.8. The normalized spacial score (nSPS) is 19.5. The molecule has 1 fully saturated rings. The molecule has 0 bridgehead atoms. The topological polar surface area (TPSA) is 35.5 Å². The number of ether oxygens (including phenoxy) is 2. The first kappa shape index (κ1) is 24.8. The molecule has 2 atom stereocenters. The van der Waals surface area contributed by atoms with Crippen LogP contribution in [0.5, 0.6) is 0 Å². The number of alkyl halides is 1. The van der Waals surface area contributed by atoms with Gasteiger partial charge in [0.25, 0.3) is 0 Å². The van der Waals surface area contributed by atoms with Gasteiger partial charge in [-0.2, -0.15) is 0 Å². The van der Waals surface area contributed by atoms with Crippen LogP contribution in [0.25, 0.3) is 0 Å². The molecule has 27 heavy (non-hydrogen) atoms. The molecule has 1 heterocycles. The van der Waals surface area contributed by atoms with Crippen LogP contribution in [0.4, 0.5) is 0 Å². The van der Waals surface area contributed by atoms with Crippen molar-refractivity contribution in [2.45, 2.75) is 128 Å². The summed E-state index contributed by atoms with van der Waals surface area (Å²) in [6.45, 7) is 2.70. The molecule has 0 aliphatic carbocycles. The third-order valence-electron chi connectivity index (χ3n) is 5.52. The Bertz CT molecular complexity index is 349. The van der Waals surface area contributed by atoms with E-state index in [1.54, 1.807) is 0 Å². The summed E-state index contributed by atoms with van der Waals surface area (Å²) in [6.07, 6.45) is 21.2. The monoisotopic (exact) mass is 402 g/mol. The summed E-state index contributed by atoms with van der Waals surface area (Å²) < 4.78 is 11.4. The summed E-state index contributed by atoms with van der Waals surface area (Å²) in [5.41, 5.74) is 0. The van der Waals surface area contributed by atoms with Crippen molar-refractivity contribution in [3.63, 3.8) is 0 Å². The molecule has 1 saturated heterocycles. The van der Waals surface area contributed by atoms with Crippen LogP contribution in [-0.4, -0.2) is 30.7 Å². The third kappa shape index (κ3) is 14.4. The van der Waals surface area contributed by atoms with Crippen LogP contribution in [0.1, 0.15) is 116 Å². The minimum Gasteiger partial charge on any atom is -0.463 e. The first-order valence-electron chi connectivity index (χ1n) is 11.6. The van der Waals surface area contributed by atoms with Gasteiger partial charge in [0.15, 0.2) is 0 Å². The highest BCUT2D eigenvalue weighted by Crippen LogP contribution is 2.24. The van der Waals surface area contributed by atoms with Gasteiger partial charge < -0.3 is 9.47 Å². The number of carbonyl (C=O) groups excluding carboxylic acids is 1. The van der Waals surface area contributed by atoms with E-state index in [0.29, 0.717) is 25.0 Å². The SMILES string of the molecule is CCCCCCCCCCCCCC1CCC(COC(=O)CCCCCl)O1. The highest BCUT2D eigenvalue weighted by Gasteiger charge is 2.25. The van der Waals surface area contributed by atoms with Crippen LogP contribution >= 0.6 is 11.6 Å². The quantitative estimate of drug-likeness (QED) is 0.138. The van der Waals surface area contributed by atoms with Gasteiger partial charge in [0, 0.05) is 12.3 Å². The summed E-state index contributed by atoms with van der Waals surface area (Å²) in [5, 5.41) is 0. The van der Waals surface area contributed by atoms with Crippen LogP contribution in [0, 0.1) is 0 Å². The second-order valence-corrected chi connectivity index (χ2v) is 8.49. The molecule has 1 aliphatic rings. The molecule has 4 heteroatoms. The Kier molecular flexibility index (Phi) is 16.3. The first-order valence-corrected chi connectivity index (χ1v) is 12.2. The zero-order valence-electron chi connectivity index (χ0n) is 17.7. The average Bonchev–Trinajstić information content (AvgIpc) is 3.12. The average molecular weight is 403 g/mol. The molecule has 1 rings (SSSR count). The van der Waals surface area contributed by atoms with Crippen molar-refractivity contribution in [3.8, 4) is 0 Å². The van der Waals surface area contributed by atoms with E-state index >= 15 is 0 Å². The number of halogens is 1. The van der Waals surface area contributed by atoms with Gasteiger partial charge in [0.1, 0.15) is 6.61 Å². The fraction of sp³-hybridized carbons (Fsp3) is 0.957. The third-order valence-corrected chi connectivity index (χ3v) is 5.79. The van der Waals surface area contributed by atoms with Crippen LogP contribution in [-0.2, 0) is 14.3 Å². The number of rotatable bonds is 18. The number of hydrogen-bond acceptors (Lipinski definition) is 3.